The van der Waals surface area contributed by atoms with Crippen LogP contribution in [0.2, 0.25) is 0 Å². The summed E-state index contributed by atoms with van der Waals surface area (Å²) in [5.41, 5.74) is 5.67. The number of phenols is 2. The van der Waals surface area contributed by atoms with Crippen molar-refractivity contribution in [3.8, 4) is 11.5 Å². The van der Waals surface area contributed by atoms with Crippen molar-refractivity contribution in [3.63, 3.8) is 0 Å². The molecule has 0 amide bonds. The second-order valence-corrected chi connectivity index (χ2v) is 8.78. The predicted octanol–water partition coefficient (Wildman–Crippen LogP) is 7.04. The van der Waals surface area contributed by atoms with Gasteiger partial charge < -0.3 is 10.2 Å². The molecule has 0 saturated carbocycles. The summed E-state index contributed by atoms with van der Waals surface area (Å²) in [6, 6.07) is 20.1. The fraction of sp³-hybridized carbons (Fsp3) is 0.214. The highest BCUT2D eigenvalue weighted by Crippen LogP contribution is 2.38. The quantitative estimate of drug-likeness (QED) is 0.468. The first-order valence-electron chi connectivity index (χ1n) is 10.1. The van der Waals surface area contributed by atoms with Gasteiger partial charge in [0, 0.05) is 22.0 Å². The Morgan fingerprint density at radius 1 is 0.567 bits per heavy atom. The lowest BCUT2D eigenvalue weighted by Crippen LogP contribution is -2.21. The molecule has 2 N–H and O–H groups in total. The molecule has 0 atom stereocenters. The van der Waals surface area contributed by atoms with Crippen molar-refractivity contribution >= 4 is 12.2 Å². The molecule has 0 bridgehead atoms. The fourth-order valence-electron chi connectivity index (χ4n) is 3.85. The second kappa shape index (κ2) is 7.87. The van der Waals surface area contributed by atoms with Crippen molar-refractivity contribution in [3.05, 3.63) is 107 Å². The molecule has 0 fully saturated rings. The third-order valence-corrected chi connectivity index (χ3v) is 6.27. The maximum Gasteiger partial charge on any atom is 0.122 e. The maximum absolute atomic E-state index is 9.97. The van der Waals surface area contributed by atoms with Crippen LogP contribution in [0.3, 0.4) is 0 Å². The van der Waals surface area contributed by atoms with Gasteiger partial charge in [0.15, 0.2) is 0 Å². The topological polar surface area (TPSA) is 40.5 Å². The summed E-state index contributed by atoms with van der Waals surface area (Å²) >= 11 is 0. The Morgan fingerprint density at radius 3 is 1.17 bits per heavy atom. The Morgan fingerprint density at radius 2 is 0.867 bits per heavy atom. The van der Waals surface area contributed by atoms with Gasteiger partial charge in [0.25, 0.3) is 0 Å². The van der Waals surface area contributed by atoms with Gasteiger partial charge in [0.05, 0.1) is 0 Å². The summed E-state index contributed by atoms with van der Waals surface area (Å²) in [5.74, 6) is 0.490. The van der Waals surface area contributed by atoms with Gasteiger partial charge in [-0.05, 0) is 46.5 Å². The summed E-state index contributed by atoms with van der Waals surface area (Å²) in [6.07, 6.45) is 3.35. The van der Waals surface area contributed by atoms with Gasteiger partial charge >= 0.3 is 0 Å². The monoisotopic (exact) mass is 398 g/mol. The minimum atomic E-state index is -0.220. The van der Waals surface area contributed by atoms with Crippen molar-refractivity contribution < 1.29 is 10.2 Å². The molecule has 0 aliphatic heterocycles. The molecule has 0 saturated heterocycles. The third-order valence-electron chi connectivity index (χ3n) is 6.27. The molecule has 0 aliphatic carbocycles. The first-order valence-corrected chi connectivity index (χ1v) is 10.1. The Bertz CT molecular complexity index is 998. The zero-order chi connectivity index (χ0) is 22.1. The number of aromatic hydroxyl groups is 2. The number of hydrogen-bond acceptors (Lipinski definition) is 2. The standard InChI is InChI=1S/C28H30O2/c1-7-19-17-23(13-15-25(19)29)27(3,4)21-9-11-22(12-10-21)28(5,6)24-14-16-26(30)20(8-2)18-24/h7-18,29-30H,1-2H2,3-6H3. The van der Waals surface area contributed by atoms with Gasteiger partial charge in [-0.3, -0.25) is 0 Å². The number of hydrogen-bond donors (Lipinski definition) is 2. The van der Waals surface area contributed by atoms with E-state index < -0.39 is 0 Å². The van der Waals surface area contributed by atoms with Crippen molar-refractivity contribution in [2.45, 2.75) is 38.5 Å². The van der Waals surface area contributed by atoms with Gasteiger partial charge in [-0.2, -0.15) is 0 Å². The van der Waals surface area contributed by atoms with Crippen LogP contribution in [-0.4, -0.2) is 10.2 Å². The van der Waals surface area contributed by atoms with Gasteiger partial charge in [-0.15, -0.1) is 0 Å². The van der Waals surface area contributed by atoms with Gasteiger partial charge in [-0.1, -0.05) is 89.4 Å². The van der Waals surface area contributed by atoms with E-state index in [1.54, 1.807) is 24.3 Å². The lowest BCUT2D eigenvalue weighted by Gasteiger charge is -2.30. The molecule has 30 heavy (non-hydrogen) atoms. The second-order valence-electron chi connectivity index (χ2n) is 8.78. The average Bonchev–Trinajstić information content (AvgIpc) is 2.74. The van der Waals surface area contributed by atoms with E-state index in [1.807, 2.05) is 24.3 Å². The van der Waals surface area contributed by atoms with Crippen LogP contribution in [0.25, 0.3) is 12.2 Å². The summed E-state index contributed by atoms with van der Waals surface area (Å²) in [5, 5.41) is 19.9. The van der Waals surface area contributed by atoms with E-state index in [1.165, 1.54) is 11.1 Å². The van der Waals surface area contributed by atoms with Gasteiger partial charge in [0.2, 0.25) is 0 Å². The van der Waals surface area contributed by atoms with Crippen LogP contribution in [0.4, 0.5) is 0 Å². The fourth-order valence-corrected chi connectivity index (χ4v) is 3.85. The molecule has 3 rings (SSSR count). The van der Waals surface area contributed by atoms with Crippen molar-refractivity contribution in [1.29, 1.82) is 0 Å². The molecule has 0 unspecified atom stereocenters. The van der Waals surface area contributed by atoms with E-state index in [2.05, 4.69) is 65.1 Å². The number of rotatable bonds is 6. The molecule has 0 aromatic heterocycles. The Labute approximate surface area is 179 Å². The number of benzene rings is 3. The van der Waals surface area contributed by atoms with E-state index in [0.29, 0.717) is 0 Å². The highest BCUT2D eigenvalue weighted by molar-refractivity contribution is 5.59. The minimum absolute atomic E-state index is 0.220. The van der Waals surface area contributed by atoms with E-state index >= 15 is 0 Å². The molecular weight excluding hydrogens is 368 g/mol. The van der Waals surface area contributed by atoms with Crippen molar-refractivity contribution in [2.24, 2.45) is 0 Å². The largest absolute Gasteiger partial charge is 0.507 e. The van der Waals surface area contributed by atoms with Crippen LogP contribution < -0.4 is 0 Å². The molecule has 0 radical (unpaired) electrons. The minimum Gasteiger partial charge on any atom is -0.507 e. The zero-order valence-electron chi connectivity index (χ0n) is 18.2. The summed E-state index contributed by atoms with van der Waals surface area (Å²) in [6.45, 7) is 16.3. The Kier molecular flexibility index (Phi) is 5.63. The van der Waals surface area contributed by atoms with Crippen LogP contribution in [-0.2, 0) is 10.8 Å². The lowest BCUT2D eigenvalue weighted by molar-refractivity contribution is 0.472. The van der Waals surface area contributed by atoms with Crippen LogP contribution >= 0.6 is 0 Å². The summed E-state index contributed by atoms with van der Waals surface area (Å²) in [4.78, 5) is 0. The molecule has 0 aliphatic rings. The molecule has 2 nitrogen and oxygen atoms in total. The molecule has 3 aromatic carbocycles. The van der Waals surface area contributed by atoms with Crippen molar-refractivity contribution in [1.82, 2.24) is 0 Å². The van der Waals surface area contributed by atoms with E-state index in [0.717, 1.165) is 22.3 Å². The van der Waals surface area contributed by atoms with E-state index in [-0.39, 0.29) is 22.3 Å². The van der Waals surface area contributed by atoms with Crippen LogP contribution in [0, 0.1) is 0 Å². The van der Waals surface area contributed by atoms with Gasteiger partial charge in [-0.25, -0.2) is 0 Å². The molecule has 0 spiro atoms. The molecule has 0 heterocycles. The summed E-state index contributed by atoms with van der Waals surface area (Å²) < 4.78 is 0. The van der Waals surface area contributed by atoms with E-state index in [4.69, 9.17) is 0 Å². The number of phenolic OH excluding ortho intramolecular Hbond substituents is 2. The zero-order valence-corrected chi connectivity index (χ0v) is 18.2. The first kappa shape index (κ1) is 21.4. The Hall–Kier alpha value is -3.26. The van der Waals surface area contributed by atoms with E-state index in [9.17, 15) is 10.2 Å². The first-order chi connectivity index (χ1) is 14.1. The smallest absolute Gasteiger partial charge is 0.122 e. The SMILES string of the molecule is C=Cc1cc(C(C)(C)c2ccc(C(C)(C)c3ccc(O)c(C=C)c3)cc2)ccc1O. The normalized spacial score (nSPS) is 11.9. The molecule has 3 aromatic rings. The van der Waals surface area contributed by atoms with Crippen LogP contribution in [0.15, 0.2) is 73.8 Å². The van der Waals surface area contributed by atoms with Gasteiger partial charge in [0.1, 0.15) is 11.5 Å². The highest BCUT2D eigenvalue weighted by atomic mass is 16.3. The van der Waals surface area contributed by atoms with Crippen LogP contribution in [0.5, 0.6) is 11.5 Å². The molecule has 2 heteroatoms. The highest BCUT2D eigenvalue weighted by Gasteiger charge is 2.27. The van der Waals surface area contributed by atoms with Crippen molar-refractivity contribution in [2.75, 3.05) is 0 Å². The maximum atomic E-state index is 9.97. The molecular formula is C28H30O2. The Balaban J connectivity index is 1.97. The third kappa shape index (κ3) is 3.78. The van der Waals surface area contributed by atoms with Crippen LogP contribution in [0.1, 0.15) is 61.1 Å². The predicted molar refractivity (Wildman–Crippen MR) is 127 cm³/mol. The molecule has 154 valence electrons. The lowest BCUT2D eigenvalue weighted by atomic mass is 9.74. The summed E-state index contributed by atoms with van der Waals surface area (Å²) in [7, 11) is 0. The average molecular weight is 399 g/mol.